The summed E-state index contributed by atoms with van der Waals surface area (Å²) in [6.07, 6.45) is 25.3. The van der Waals surface area contributed by atoms with Crippen LogP contribution in [0.1, 0.15) is 135 Å². The van der Waals surface area contributed by atoms with Gasteiger partial charge in [-0.05, 0) is 19.3 Å². The molecule has 0 aromatic heterocycles. The molecule has 0 saturated heterocycles. The van der Waals surface area contributed by atoms with E-state index in [1.807, 2.05) is 0 Å². The van der Waals surface area contributed by atoms with Crippen LogP contribution in [-0.4, -0.2) is 11.1 Å². The lowest BCUT2D eigenvalue weighted by Gasteiger charge is -2.33. The Morgan fingerprint density at radius 2 is 1.08 bits per heavy atom. The van der Waals surface area contributed by atoms with Gasteiger partial charge >= 0.3 is 5.97 Å². The third-order valence-corrected chi connectivity index (χ3v) is 6.27. The fourth-order valence-electron chi connectivity index (χ4n) is 4.46. The predicted octanol–water partition coefficient (Wildman–Crippen LogP) is 7.89. The van der Waals surface area contributed by atoms with Crippen molar-refractivity contribution < 1.29 is 9.90 Å². The first-order valence-electron chi connectivity index (χ1n) is 11.4. The van der Waals surface area contributed by atoms with Crippen molar-refractivity contribution in [3.05, 3.63) is 0 Å². The van der Waals surface area contributed by atoms with Crippen molar-refractivity contribution >= 4 is 5.97 Å². The molecule has 1 aliphatic rings. The Hall–Kier alpha value is -0.530. The van der Waals surface area contributed by atoms with E-state index in [0.29, 0.717) is 0 Å². The van der Waals surface area contributed by atoms with Gasteiger partial charge in [-0.1, -0.05) is 116 Å². The van der Waals surface area contributed by atoms with Crippen LogP contribution in [-0.2, 0) is 4.79 Å². The summed E-state index contributed by atoms with van der Waals surface area (Å²) in [6, 6.07) is 0. The molecule has 0 spiro atoms. The van der Waals surface area contributed by atoms with E-state index in [0.717, 1.165) is 38.5 Å². The lowest BCUT2D eigenvalue weighted by Crippen LogP contribution is -2.33. The maximum absolute atomic E-state index is 11.6. The van der Waals surface area contributed by atoms with Gasteiger partial charge in [0.25, 0.3) is 0 Å². The molecular weight excluding hydrogens is 308 g/mol. The number of rotatable bonds is 16. The summed E-state index contributed by atoms with van der Waals surface area (Å²) in [5.74, 6) is -0.526. The Labute approximate surface area is 157 Å². The summed E-state index contributed by atoms with van der Waals surface area (Å²) in [7, 11) is 0. The van der Waals surface area contributed by atoms with Crippen LogP contribution in [0, 0.1) is 5.41 Å². The van der Waals surface area contributed by atoms with Gasteiger partial charge in [0.15, 0.2) is 0 Å². The zero-order valence-electron chi connectivity index (χ0n) is 17.0. The molecular formula is C23H44O2. The van der Waals surface area contributed by atoms with Gasteiger partial charge in [0, 0.05) is 0 Å². The molecule has 2 nitrogen and oxygen atoms in total. The van der Waals surface area contributed by atoms with E-state index in [2.05, 4.69) is 6.92 Å². The van der Waals surface area contributed by atoms with Crippen LogP contribution in [0.4, 0.5) is 0 Å². The van der Waals surface area contributed by atoms with Gasteiger partial charge in [0.05, 0.1) is 5.41 Å². The second kappa shape index (κ2) is 14.6. The average Bonchev–Trinajstić information content (AvgIpc) is 2.62. The highest BCUT2D eigenvalue weighted by Crippen LogP contribution is 2.41. The van der Waals surface area contributed by atoms with E-state index in [-0.39, 0.29) is 5.41 Å². The molecule has 0 aliphatic heterocycles. The van der Waals surface area contributed by atoms with Gasteiger partial charge in [0.2, 0.25) is 0 Å². The van der Waals surface area contributed by atoms with E-state index in [1.165, 1.54) is 89.9 Å². The molecule has 0 aromatic carbocycles. The second-order valence-corrected chi connectivity index (χ2v) is 8.49. The van der Waals surface area contributed by atoms with Crippen molar-refractivity contribution in [2.75, 3.05) is 0 Å². The van der Waals surface area contributed by atoms with Crippen molar-refractivity contribution in [1.29, 1.82) is 0 Å². The highest BCUT2D eigenvalue weighted by atomic mass is 16.4. The summed E-state index contributed by atoms with van der Waals surface area (Å²) >= 11 is 0. The fourth-order valence-corrected chi connectivity index (χ4v) is 4.46. The molecule has 1 N–H and O–H groups in total. The molecule has 1 saturated carbocycles. The zero-order valence-corrected chi connectivity index (χ0v) is 17.0. The highest BCUT2D eigenvalue weighted by Gasteiger charge is 2.38. The van der Waals surface area contributed by atoms with E-state index < -0.39 is 5.97 Å². The molecule has 0 radical (unpaired) electrons. The van der Waals surface area contributed by atoms with Crippen LogP contribution < -0.4 is 0 Å². The number of unbranched alkanes of at least 4 members (excludes halogenated alkanes) is 13. The molecule has 0 atom stereocenters. The minimum atomic E-state index is -0.526. The summed E-state index contributed by atoms with van der Waals surface area (Å²) < 4.78 is 0. The van der Waals surface area contributed by atoms with E-state index in [1.54, 1.807) is 0 Å². The Morgan fingerprint density at radius 1 is 0.680 bits per heavy atom. The first-order valence-corrected chi connectivity index (χ1v) is 11.4. The highest BCUT2D eigenvalue weighted by molar-refractivity contribution is 5.74. The van der Waals surface area contributed by atoms with Gasteiger partial charge in [-0.2, -0.15) is 0 Å². The molecule has 0 amide bonds. The molecule has 25 heavy (non-hydrogen) atoms. The minimum absolute atomic E-state index is 0.366. The Kier molecular flexibility index (Phi) is 13.2. The van der Waals surface area contributed by atoms with E-state index >= 15 is 0 Å². The molecule has 0 heterocycles. The smallest absolute Gasteiger partial charge is 0.309 e. The monoisotopic (exact) mass is 352 g/mol. The lowest BCUT2D eigenvalue weighted by molar-refractivity contribution is -0.151. The van der Waals surface area contributed by atoms with Gasteiger partial charge in [-0.25, -0.2) is 0 Å². The summed E-state index contributed by atoms with van der Waals surface area (Å²) in [5, 5.41) is 9.59. The van der Waals surface area contributed by atoms with E-state index in [4.69, 9.17) is 0 Å². The Bertz CT molecular complexity index is 318. The maximum Gasteiger partial charge on any atom is 0.309 e. The molecule has 0 aromatic rings. The number of hydrogen-bond acceptors (Lipinski definition) is 1. The average molecular weight is 353 g/mol. The van der Waals surface area contributed by atoms with Crippen LogP contribution in [0.25, 0.3) is 0 Å². The normalized spacial score (nSPS) is 16.8. The first-order chi connectivity index (χ1) is 12.2. The van der Waals surface area contributed by atoms with Crippen LogP contribution in [0.15, 0.2) is 0 Å². The first kappa shape index (κ1) is 22.5. The minimum Gasteiger partial charge on any atom is -0.481 e. The maximum atomic E-state index is 11.6. The topological polar surface area (TPSA) is 37.3 Å². The van der Waals surface area contributed by atoms with Crippen molar-refractivity contribution in [1.82, 2.24) is 0 Å². The molecule has 0 bridgehead atoms. The number of carbonyl (C=O) groups is 1. The quantitative estimate of drug-likeness (QED) is 0.287. The number of aliphatic carboxylic acids is 1. The number of carboxylic acids is 1. The van der Waals surface area contributed by atoms with Crippen molar-refractivity contribution in [2.24, 2.45) is 5.41 Å². The second-order valence-electron chi connectivity index (χ2n) is 8.49. The standard InChI is InChI=1S/C23H44O2/c1-2-3-4-5-6-7-8-9-10-11-12-13-14-16-19-23(22(24)25)20-17-15-18-21-23/h2-21H2,1H3,(H,24,25). The van der Waals surface area contributed by atoms with Crippen molar-refractivity contribution in [3.8, 4) is 0 Å². The van der Waals surface area contributed by atoms with Gasteiger partial charge in [0.1, 0.15) is 0 Å². The van der Waals surface area contributed by atoms with Crippen molar-refractivity contribution in [2.45, 2.75) is 135 Å². The lowest BCUT2D eigenvalue weighted by atomic mass is 9.71. The number of carboxylic acid groups (broad SMARTS) is 1. The molecule has 1 fully saturated rings. The van der Waals surface area contributed by atoms with Gasteiger partial charge in [-0.3, -0.25) is 4.79 Å². The van der Waals surface area contributed by atoms with Crippen LogP contribution >= 0.6 is 0 Å². The Morgan fingerprint density at radius 3 is 1.48 bits per heavy atom. The van der Waals surface area contributed by atoms with Crippen LogP contribution in [0.2, 0.25) is 0 Å². The molecule has 2 heteroatoms. The summed E-state index contributed by atoms with van der Waals surface area (Å²) in [6.45, 7) is 2.28. The number of hydrogen-bond donors (Lipinski definition) is 1. The summed E-state index contributed by atoms with van der Waals surface area (Å²) in [5.41, 5.74) is -0.366. The molecule has 0 unspecified atom stereocenters. The molecule has 1 rings (SSSR count). The van der Waals surface area contributed by atoms with E-state index in [9.17, 15) is 9.90 Å². The third-order valence-electron chi connectivity index (χ3n) is 6.27. The summed E-state index contributed by atoms with van der Waals surface area (Å²) in [4.78, 5) is 11.6. The van der Waals surface area contributed by atoms with Gasteiger partial charge in [-0.15, -0.1) is 0 Å². The molecule has 148 valence electrons. The predicted molar refractivity (Wildman–Crippen MR) is 108 cm³/mol. The molecule has 1 aliphatic carbocycles. The Balaban J connectivity index is 1.87. The van der Waals surface area contributed by atoms with Crippen molar-refractivity contribution in [3.63, 3.8) is 0 Å². The van der Waals surface area contributed by atoms with Gasteiger partial charge < -0.3 is 5.11 Å². The largest absolute Gasteiger partial charge is 0.481 e. The van der Waals surface area contributed by atoms with Crippen LogP contribution in [0.5, 0.6) is 0 Å². The third kappa shape index (κ3) is 10.3. The SMILES string of the molecule is CCCCCCCCCCCCCCCCC1(C(=O)O)CCCCC1. The zero-order chi connectivity index (χ0) is 18.2. The van der Waals surface area contributed by atoms with Crippen LogP contribution in [0.3, 0.4) is 0 Å². The fraction of sp³-hybridized carbons (Fsp3) is 0.957.